The van der Waals surface area contributed by atoms with Crippen LogP contribution in [0.5, 0.6) is 6.01 Å². The number of hydrogen-bond donors (Lipinski definition) is 3. The standard InChI is InChI=1S/C35H50BrN7O8S/c1-21(2)43-26-17-13-15-24(36)28(26)38-32(43)50-23-18-27-29(44)39-35(31(46)40-52(48,49)41(6)7)19-22(35)14-11-9-8-10-12-16-25(30(45)42(27)20-23)37-33(47)51-34(3,4)5/h11,13-15,17,21-23,25,27H,8-10,12,16,18-20H2,1-7H3,(H,37,47)(H,39,44)(H,40,46)/b14-11-/t22-,23-,25+,27+,35-/m1/s1. The highest BCUT2D eigenvalue weighted by molar-refractivity contribution is 9.10. The lowest BCUT2D eigenvalue weighted by atomic mass is 10.0. The number of carbonyl (C=O) groups is 4. The van der Waals surface area contributed by atoms with E-state index in [2.05, 4.69) is 31.3 Å². The van der Waals surface area contributed by atoms with E-state index in [1.54, 1.807) is 20.8 Å². The molecule has 3 heterocycles. The van der Waals surface area contributed by atoms with Gasteiger partial charge in [-0.1, -0.05) is 31.1 Å². The van der Waals surface area contributed by atoms with Crippen molar-refractivity contribution in [2.45, 2.75) is 115 Å². The van der Waals surface area contributed by atoms with Crippen molar-refractivity contribution >= 4 is 61.0 Å². The highest BCUT2D eigenvalue weighted by Crippen LogP contribution is 2.46. The maximum Gasteiger partial charge on any atom is 0.408 e. The average molecular weight is 809 g/mol. The minimum absolute atomic E-state index is 0.0105. The van der Waals surface area contributed by atoms with Gasteiger partial charge in [-0.15, -0.1) is 0 Å². The van der Waals surface area contributed by atoms with Crippen LogP contribution in [0.1, 0.15) is 85.6 Å². The third-order valence-electron chi connectivity index (χ3n) is 9.47. The number of alkyl carbamates (subject to hydrolysis) is 1. The zero-order valence-corrected chi connectivity index (χ0v) is 33.2. The predicted molar refractivity (Wildman–Crippen MR) is 197 cm³/mol. The average Bonchev–Trinajstić information content (AvgIpc) is 3.36. The van der Waals surface area contributed by atoms with Crippen LogP contribution in [0.4, 0.5) is 4.79 Å². The maximum absolute atomic E-state index is 14.5. The Hall–Kier alpha value is -3.70. The Morgan fingerprint density at radius 3 is 2.56 bits per heavy atom. The first kappa shape index (κ1) is 39.5. The molecular formula is C35H50BrN7O8S. The largest absolute Gasteiger partial charge is 0.459 e. The molecule has 0 radical (unpaired) electrons. The number of ether oxygens (including phenoxy) is 2. The van der Waals surface area contributed by atoms with Gasteiger partial charge < -0.3 is 25.0 Å². The van der Waals surface area contributed by atoms with Crippen LogP contribution in [0.25, 0.3) is 11.0 Å². The first-order valence-corrected chi connectivity index (χ1v) is 19.9. The Kier molecular flexibility index (Phi) is 11.7. The number of hydrogen-bond acceptors (Lipinski definition) is 9. The molecule has 1 aliphatic carbocycles. The van der Waals surface area contributed by atoms with Crippen LogP contribution in [-0.4, -0.2) is 101 Å². The molecule has 2 fully saturated rings. The molecule has 15 nitrogen and oxygen atoms in total. The predicted octanol–water partition coefficient (Wildman–Crippen LogP) is 3.94. The van der Waals surface area contributed by atoms with Crippen LogP contribution in [0.15, 0.2) is 34.8 Å². The molecule has 52 heavy (non-hydrogen) atoms. The molecule has 0 bridgehead atoms. The smallest absolute Gasteiger partial charge is 0.408 e. The molecule has 5 rings (SSSR count). The van der Waals surface area contributed by atoms with Crippen molar-refractivity contribution in [2.75, 3.05) is 20.6 Å². The molecule has 2 aromatic rings. The second-order valence-corrected chi connectivity index (χ2v) is 17.9. The van der Waals surface area contributed by atoms with E-state index in [-0.39, 0.29) is 25.4 Å². The van der Waals surface area contributed by atoms with Gasteiger partial charge in [-0.05, 0) is 88.4 Å². The molecule has 286 valence electrons. The fraction of sp³-hybridized carbons (Fsp3) is 0.629. The van der Waals surface area contributed by atoms with Crippen molar-refractivity contribution in [3.63, 3.8) is 0 Å². The number of nitrogens with zero attached hydrogens (tertiary/aromatic N) is 4. The summed E-state index contributed by atoms with van der Waals surface area (Å²) >= 11 is 3.57. The van der Waals surface area contributed by atoms with E-state index in [0.717, 1.165) is 27.1 Å². The van der Waals surface area contributed by atoms with Gasteiger partial charge in [0.15, 0.2) is 0 Å². The number of carbonyl (C=O) groups excluding carboxylic acids is 4. The maximum atomic E-state index is 14.5. The molecule has 2 aliphatic heterocycles. The van der Waals surface area contributed by atoms with E-state index in [9.17, 15) is 27.6 Å². The van der Waals surface area contributed by atoms with Gasteiger partial charge in [0.05, 0.1) is 12.1 Å². The van der Waals surface area contributed by atoms with Crippen molar-refractivity contribution < 1.29 is 37.1 Å². The van der Waals surface area contributed by atoms with Crippen LogP contribution in [0.2, 0.25) is 0 Å². The van der Waals surface area contributed by atoms with E-state index < -0.39 is 69.3 Å². The third kappa shape index (κ3) is 8.73. The Morgan fingerprint density at radius 2 is 1.88 bits per heavy atom. The molecule has 0 spiro atoms. The van der Waals surface area contributed by atoms with Gasteiger partial charge in [0.25, 0.3) is 11.9 Å². The summed E-state index contributed by atoms with van der Waals surface area (Å²) < 4.78 is 43.0. The lowest BCUT2D eigenvalue weighted by molar-refractivity contribution is -0.141. The Balaban J connectivity index is 1.50. The Morgan fingerprint density at radius 1 is 1.15 bits per heavy atom. The lowest BCUT2D eigenvalue weighted by Crippen LogP contribution is -2.58. The van der Waals surface area contributed by atoms with E-state index in [0.29, 0.717) is 30.8 Å². The summed E-state index contributed by atoms with van der Waals surface area (Å²) in [6.45, 7) is 9.17. The van der Waals surface area contributed by atoms with Gasteiger partial charge in [0.2, 0.25) is 11.8 Å². The van der Waals surface area contributed by atoms with Gasteiger partial charge in [0.1, 0.15) is 34.8 Å². The fourth-order valence-corrected chi connectivity index (χ4v) is 7.75. The van der Waals surface area contributed by atoms with E-state index in [1.807, 2.05) is 48.8 Å². The molecule has 3 N–H and O–H groups in total. The van der Waals surface area contributed by atoms with E-state index >= 15 is 0 Å². The summed E-state index contributed by atoms with van der Waals surface area (Å²) in [5, 5.41) is 5.59. The van der Waals surface area contributed by atoms with Crippen molar-refractivity contribution in [3.05, 3.63) is 34.8 Å². The lowest BCUT2D eigenvalue weighted by Gasteiger charge is -2.30. The number of rotatable bonds is 7. The molecule has 1 saturated carbocycles. The summed E-state index contributed by atoms with van der Waals surface area (Å²) in [5.41, 5.74) is -0.809. The molecule has 4 amide bonds. The van der Waals surface area contributed by atoms with Gasteiger partial charge in [-0.3, -0.25) is 19.0 Å². The molecular weight excluding hydrogens is 758 g/mol. The van der Waals surface area contributed by atoms with Gasteiger partial charge in [0, 0.05) is 36.9 Å². The minimum atomic E-state index is -4.16. The van der Waals surface area contributed by atoms with E-state index in [4.69, 9.17) is 14.5 Å². The summed E-state index contributed by atoms with van der Waals surface area (Å²) in [6.07, 6.45) is 5.71. The van der Waals surface area contributed by atoms with Gasteiger partial charge >= 0.3 is 16.3 Å². The normalized spacial score (nSPS) is 26.5. The number of imidazole rings is 1. The number of benzene rings is 1. The Labute approximate surface area is 313 Å². The number of nitrogens with one attached hydrogen (secondary N) is 3. The number of fused-ring (bicyclic) bond motifs is 3. The van der Waals surface area contributed by atoms with Crippen molar-refractivity contribution in [3.8, 4) is 6.01 Å². The Bertz CT molecular complexity index is 1840. The number of halogens is 1. The van der Waals surface area contributed by atoms with Crippen LogP contribution in [0, 0.1) is 5.92 Å². The highest BCUT2D eigenvalue weighted by atomic mass is 79.9. The second kappa shape index (κ2) is 15.3. The zero-order valence-electron chi connectivity index (χ0n) is 30.8. The van der Waals surface area contributed by atoms with Crippen molar-refractivity contribution in [1.82, 2.24) is 34.1 Å². The second-order valence-electron chi connectivity index (χ2n) is 15.2. The SMILES string of the molecule is CC(C)n1c(O[C@@H]2C[C@H]3C(=O)N[C@]4(C(=O)NS(=O)(=O)N(C)C)C[C@H]4/C=C\CCCCC[C@H](NC(=O)OC(C)(C)C)C(=O)N3C2)nc2c(Br)cccc21. The molecule has 1 aromatic heterocycles. The van der Waals surface area contributed by atoms with Crippen LogP contribution in [0.3, 0.4) is 0 Å². The summed E-state index contributed by atoms with van der Waals surface area (Å²) in [5.74, 6) is -2.45. The molecule has 1 aromatic carbocycles. The summed E-state index contributed by atoms with van der Waals surface area (Å²) in [6, 6.07) is 3.88. The number of allylic oxidation sites excluding steroid dienone is 1. The first-order valence-electron chi connectivity index (χ1n) is 17.7. The first-order chi connectivity index (χ1) is 24.3. The number of aromatic nitrogens is 2. The molecule has 0 unspecified atom stereocenters. The van der Waals surface area contributed by atoms with Crippen LogP contribution in [-0.2, 0) is 29.3 Å². The van der Waals surface area contributed by atoms with Crippen molar-refractivity contribution in [1.29, 1.82) is 0 Å². The topological polar surface area (TPSA) is 181 Å². The molecule has 1 saturated heterocycles. The summed E-state index contributed by atoms with van der Waals surface area (Å²) in [7, 11) is -1.57. The summed E-state index contributed by atoms with van der Waals surface area (Å²) in [4.78, 5) is 61.5. The fourth-order valence-electron chi connectivity index (χ4n) is 6.71. The quantitative estimate of drug-likeness (QED) is 0.350. The third-order valence-corrected chi connectivity index (χ3v) is 11.5. The minimum Gasteiger partial charge on any atom is -0.459 e. The van der Waals surface area contributed by atoms with Crippen LogP contribution >= 0.6 is 15.9 Å². The molecule has 17 heteroatoms. The highest BCUT2D eigenvalue weighted by Gasteiger charge is 2.61. The van der Waals surface area contributed by atoms with Crippen LogP contribution < -0.4 is 20.1 Å². The van der Waals surface area contributed by atoms with Crippen molar-refractivity contribution in [2.24, 2.45) is 5.92 Å². The molecule has 5 atom stereocenters. The number of amides is 4. The molecule has 3 aliphatic rings. The number of para-hydroxylation sites is 1. The zero-order chi connectivity index (χ0) is 38.2. The monoisotopic (exact) mass is 807 g/mol. The van der Waals surface area contributed by atoms with E-state index in [1.165, 1.54) is 19.0 Å². The van der Waals surface area contributed by atoms with Gasteiger partial charge in [-0.2, -0.15) is 17.7 Å². The van der Waals surface area contributed by atoms with Gasteiger partial charge in [-0.25, -0.2) is 9.52 Å².